The molecule has 0 rings (SSSR count). The zero-order valence-corrected chi connectivity index (χ0v) is 2.74. The van der Waals surface area contributed by atoms with E-state index in [2.05, 4.69) is 0 Å². The number of hydrogen-bond donors (Lipinski definition) is 0. The predicted octanol–water partition coefficient (Wildman–Crippen LogP) is -3.44. The van der Waals surface area contributed by atoms with E-state index in [0.717, 1.165) is 0 Å². The van der Waals surface area contributed by atoms with Gasteiger partial charge in [0.15, 0.2) is 17.4 Å². The average molecular weight is 318 g/mol. The molecule has 0 nitrogen and oxygen atoms in total. The van der Waals surface area contributed by atoms with Gasteiger partial charge in [-0.25, -0.2) is 0 Å². The Hall–Kier alpha value is 2.91. The van der Waals surface area contributed by atoms with Gasteiger partial charge in [-0.05, 0) is 0 Å². The summed E-state index contributed by atoms with van der Waals surface area (Å²) in [4.78, 5) is 0. The molecule has 0 spiro atoms. The minimum atomic E-state index is 0. The molecule has 0 amide bonds. The van der Waals surface area contributed by atoms with Gasteiger partial charge in [0.1, 0.15) is 0 Å². The first-order chi connectivity index (χ1) is 0. The second kappa shape index (κ2) is 28.5. The Labute approximate surface area is 92.1 Å². The maximum absolute atomic E-state index is 0. The van der Waals surface area contributed by atoms with Gasteiger partial charge in [0, 0.05) is 17.1 Å². The first-order valence-corrected chi connectivity index (χ1v) is 0. The summed E-state index contributed by atoms with van der Waals surface area (Å²) in [7, 11) is 0. The van der Waals surface area contributed by atoms with Crippen LogP contribution >= 0.6 is 13.5 Å². The molecular weight excluding hydrogens is 307 g/mol. The molecular formula is H11AlCuGaInS. The summed E-state index contributed by atoms with van der Waals surface area (Å²) in [5.41, 5.74) is 0. The molecule has 37 valence electrons. The monoisotopic (exact) mass is 317 g/mol. The van der Waals surface area contributed by atoms with Crippen molar-refractivity contribution in [2.45, 2.75) is 0 Å². The van der Waals surface area contributed by atoms with Crippen molar-refractivity contribution in [3.05, 3.63) is 0 Å². The van der Waals surface area contributed by atoms with Crippen molar-refractivity contribution in [3.8, 4) is 0 Å². The van der Waals surface area contributed by atoms with Gasteiger partial charge in [0.05, 0.1) is 0 Å². The summed E-state index contributed by atoms with van der Waals surface area (Å²) in [6, 6.07) is 0. The summed E-state index contributed by atoms with van der Waals surface area (Å²) in [6.07, 6.45) is 0. The van der Waals surface area contributed by atoms with Gasteiger partial charge in [-0.2, -0.15) is 13.5 Å². The molecule has 0 N–H and O–H groups in total. The third kappa shape index (κ3) is 19.7. The number of hydrogen-bond acceptors (Lipinski definition) is 0. The first-order valence-electron chi connectivity index (χ1n) is 0. The minimum absolute atomic E-state index is 0. The number of rotatable bonds is 0. The molecule has 0 aromatic rings. The van der Waals surface area contributed by atoms with Crippen LogP contribution in [0.25, 0.3) is 0 Å². The third-order valence-corrected chi connectivity index (χ3v) is 0. The summed E-state index contributed by atoms with van der Waals surface area (Å²) in [5.74, 6) is 0. The standard InChI is InChI=1S/Al.Cu.Ga.In.H2S.9H/h;;;;1H2;;;;;;;;;. The van der Waals surface area contributed by atoms with Gasteiger partial charge in [-0.3, -0.25) is 0 Å². The van der Waals surface area contributed by atoms with Crippen molar-refractivity contribution in [3.63, 3.8) is 0 Å². The van der Waals surface area contributed by atoms with Gasteiger partial charge in [-0.15, -0.1) is 0 Å². The van der Waals surface area contributed by atoms with Crippen LogP contribution in [-0.2, 0) is 17.1 Å². The van der Waals surface area contributed by atoms with Crippen LogP contribution in [0.4, 0.5) is 0 Å². The van der Waals surface area contributed by atoms with Gasteiger partial charge < -0.3 is 0 Å². The zero-order chi connectivity index (χ0) is 0. The Morgan fingerprint density at radius 1 is 1.00 bits per heavy atom. The van der Waals surface area contributed by atoms with E-state index in [1.807, 2.05) is 0 Å². The average Bonchev–Trinajstić information content (AvgIpc) is 0. The zero-order valence-electron chi connectivity index (χ0n) is 0.802. The molecule has 0 aliphatic heterocycles. The van der Waals surface area contributed by atoms with Crippen LogP contribution in [0.5, 0.6) is 0 Å². The van der Waals surface area contributed by atoms with Crippen molar-refractivity contribution in [2.24, 2.45) is 0 Å². The van der Waals surface area contributed by atoms with Crippen LogP contribution in [0, 0.1) is 0 Å². The van der Waals surface area contributed by atoms with E-state index in [-0.39, 0.29) is 93.6 Å². The molecule has 0 atom stereocenters. The Morgan fingerprint density at radius 3 is 1.00 bits per heavy atom. The molecule has 0 fully saturated rings. The van der Waals surface area contributed by atoms with Crippen LogP contribution in [0.15, 0.2) is 0 Å². The molecule has 0 saturated heterocycles. The van der Waals surface area contributed by atoms with E-state index in [1.165, 1.54) is 0 Å². The van der Waals surface area contributed by atoms with Crippen molar-refractivity contribution < 1.29 is 17.1 Å². The van der Waals surface area contributed by atoms with Crippen molar-refractivity contribution >= 4 is 76.5 Å². The van der Waals surface area contributed by atoms with Gasteiger partial charge in [0.2, 0.25) is 0 Å². The molecule has 0 aliphatic carbocycles. The predicted molar refractivity (Wildman–Crippen MR) is 40.2 cm³/mol. The summed E-state index contributed by atoms with van der Waals surface area (Å²) in [6.45, 7) is 0. The van der Waals surface area contributed by atoms with E-state index in [0.29, 0.717) is 0 Å². The second-order valence-electron chi connectivity index (χ2n) is 0. The Balaban J connectivity index is 0. The van der Waals surface area contributed by atoms with Crippen molar-refractivity contribution in [2.75, 3.05) is 0 Å². The molecule has 0 aromatic carbocycles. The fourth-order valence-electron chi connectivity index (χ4n) is 0. The van der Waals surface area contributed by atoms with Gasteiger partial charge in [-0.1, -0.05) is 0 Å². The van der Waals surface area contributed by atoms with Crippen LogP contribution in [0.2, 0.25) is 0 Å². The topological polar surface area (TPSA) is 0 Å². The second-order valence-corrected chi connectivity index (χ2v) is 0. The molecule has 5 heteroatoms. The van der Waals surface area contributed by atoms with E-state index in [4.69, 9.17) is 0 Å². The fraction of sp³-hybridized carbons (Fsp3) is 0. The van der Waals surface area contributed by atoms with E-state index in [1.54, 1.807) is 0 Å². The summed E-state index contributed by atoms with van der Waals surface area (Å²) in [5, 5.41) is 0. The molecule has 0 aliphatic rings. The van der Waals surface area contributed by atoms with Crippen LogP contribution in [0.1, 0.15) is 0 Å². The van der Waals surface area contributed by atoms with Gasteiger partial charge >= 0.3 is 45.6 Å². The molecule has 5 heavy (non-hydrogen) atoms. The quantitative estimate of drug-likeness (QED) is 0.408. The summed E-state index contributed by atoms with van der Waals surface area (Å²) >= 11 is 0. The van der Waals surface area contributed by atoms with E-state index in [9.17, 15) is 0 Å². The SMILES string of the molecule is S.[AlH3].[Cu].[GaH3].[InH3]. The molecule has 0 aromatic heterocycles. The van der Waals surface area contributed by atoms with Crippen LogP contribution in [0.3, 0.4) is 0 Å². The van der Waals surface area contributed by atoms with Crippen molar-refractivity contribution in [1.82, 2.24) is 0 Å². The molecule has 0 saturated carbocycles. The molecule has 0 unspecified atom stereocenters. The Kier molecular flexibility index (Phi) is 254. The molecule has 0 heterocycles. The van der Waals surface area contributed by atoms with E-state index >= 15 is 0 Å². The summed E-state index contributed by atoms with van der Waals surface area (Å²) < 4.78 is 0. The maximum atomic E-state index is 0. The fourth-order valence-corrected chi connectivity index (χ4v) is 0. The van der Waals surface area contributed by atoms with Crippen LogP contribution in [-0.4, -0.2) is 63.0 Å². The normalized spacial score (nSPS) is 0. The Bertz CT molecular complexity index is 11.6. The first kappa shape index (κ1) is 44.6. The molecule has 1 radical (unpaired) electrons. The Morgan fingerprint density at radius 2 is 1.00 bits per heavy atom. The third-order valence-electron chi connectivity index (χ3n) is 0. The van der Waals surface area contributed by atoms with Gasteiger partial charge in [0.25, 0.3) is 0 Å². The van der Waals surface area contributed by atoms with E-state index < -0.39 is 0 Å². The van der Waals surface area contributed by atoms with Crippen molar-refractivity contribution in [1.29, 1.82) is 0 Å². The van der Waals surface area contributed by atoms with Crippen LogP contribution < -0.4 is 0 Å². The molecule has 0 bridgehead atoms.